The highest BCUT2D eigenvalue weighted by Crippen LogP contribution is 2.44. The molecule has 1 aliphatic heterocycles. The van der Waals surface area contributed by atoms with Crippen molar-refractivity contribution in [1.82, 2.24) is 4.57 Å². The van der Waals surface area contributed by atoms with Gasteiger partial charge in [-0.3, -0.25) is 4.99 Å². The first kappa shape index (κ1) is 18.7. The Morgan fingerprint density at radius 3 is 2.79 bits per heavy atom. The van der Waals surface area contributed by atoms with Crippen LogP contribution < -0.4 is 0 Å². The van der Waals surface area contributed by atoms with Gasteiger partial charge < -0.3 is 4.57 Å². The van der Waals surface area contributed by atoms with Gasteiger partial charge in [-0.15, -0.1) is 6.58 Å². The van der Waals surface area contributed by atoms with E-state index in [9.17, 15) is 5.26 Å². The van der Waals surface area contributed by atoms with Gasteiger partial charge in [-0.05, 0) is 55.7 Å². The van der Waals surface area contributed by atoms with Crippen molar-refractivity contribution < 1.29 is 0 Å². The molecule has 1 aliphatic carbocycles. The Balaban J connectivity index is 2.04. The summed E-state index contributed by atoms with van der Waals surface area (Å²) in [5.41, 5.74) is 7.32. The number of nitriles is 1. The van der Waals surface area contributed by atoms with Gasteiger partial charge >= 0.3 is 0 Å². The highest BCUT2D eigenvalue weighted by Gasteiger charge is 2.30. The van der Waals surface area contributed by atoms with Crippen LogP contribution in [0.25, 0.3) is 16.5 Å². The summed E-state index contributed by atoms with van der Waals surface area (Å²) in [6, 6.07) is 8.59. The first-order chi connectivity index (χ1) is 13.8. The van der Waals surface area contributed by atoms with Crippen LogP contribution in [0.4, 0.5) is 0 Å². The van der Waals surface area contributed by atoms with Crippen molar-refractivity contribution in [3.63, 3.8) is 0 Å². The van der Waals surface area contributed by atoms with E-state index >= 15 is 0 Å². The number of allylic oxidation sites excluding steroid dienone is 3. The van der Waals surface area contributed by atoms with Crippen LogP contribution in [0, 0.1) is 11.3 Å². The molecule has 0 saturated heterocycles. The second-order valence-corrected chi connectivity index (χ2v) is 8.01. The summed E-state index contributed by atoms with van der Waals surface area (Å²) in [7, 11) is 1.92. The van der Waals surface area contributed by atoms with Crippen molar-refractivity contribution in [2.75, 3.05) is 7.05 Å². The maximum absolute atomic E-state index is 9.46. The molecule has 1 aromatic carbocycles. The van der Waals surface area contributed by atoms with Crippen LogP contribution in [-0.2, 0) is 6.54 Å². The van der Waals surface area contributed by atoms with Gasteiger partial charge in [0.2, 0.25) is 0 Å². The first-order valence-electron chi connectivity index (χ1n) is 10.6. The zero-order chi connectivity index (χ0) is 19.5. The molecule has 1 aromatic heterocycles. The third-order valence-electron chi connectivity index (χ3n) is 6.37. The molecule has 2 aliphatic rings. The van der Waals surface area contributed by atoms with Crippen LogP contribution in [0.3, 0.4) is 0 Å². The van der Waals surface area contributed by atoms with E-state index in [-0.39, 0.29) is 0 Å². The summed E-state index contributed by atoms with van der Waals surface area (Å²) >= 11 is 0. The summed E-state index contributed by atoms with van der Waals surface area (Å²) < 4.78 is 2.48. The molecule has 0 N–H and O–H groups in total. The molecule has 28 heavy (non-hydrogen) atoms. The average molecular weight is 372 g/mol. The van der Waals surface area contributed by atoms with Crippen LogP contribution in [0.2, 0.25) is 0 Å². The molecule has 0 radical (unpaired) electrons. The molecule has 3 heteroatoms. The van der Waals surface area contributed by atoms with E-state index in [0.29, 0.717) is 5.92 Å². The van der Waals surface area contributed by atoms with E-state index in [4.69, 9.17) is 0 Å². The smallest absolute Gasteiger partial charge is 0.0992 e. The Kier molecular flexibility index (Phi) is 5.48. The molecule has 144 valence electrons. The minimum Gasteiger partial charge on any atom is -0.340 e. The molecule has 0 bridgehead atoms. The summed E-state index contributed by atoms with van der Waals surface area (Å²) in [5.74, 6) is 0.601. The Labute approximate surface area is 168 Å². The van der Waals surface area contributed by atoms with Gasteiger partial charge in [-0.1, -0.05) is 37.5 Å². The van der Waals surface area contributed by atoms with Crippen molar-refractivity contribution >= 4 is 22.2 Å². The number of benzene rings is 1. The Bertz CT molecular complexity index is 991. The summed E-state index contributed by atoms with van der Waals surface area (Å²) in [4.78, 5) is 4.68. The number of aromatic nitrogens is 1. The lowest BCUT2D eigenvalue weighted by Crippen LogP contribution is -2.10. The zero-order valence-electron chi connectivity index (χ0n) is 16.9. The quantitative estimate of drug-likeness (QED) is 0.577. The maximum Gasteiger partial charge on any atom is 0.0992 e. The Morgan fingerprint density at radius 2 is 2.07 bits per heavy atom. The van der Waals surface area contributed by atoms with Crippen molar-refractivity contribution in [2.45, 2.75) is 63.8 Å². The van der Waals surface area contributed by atoms with Crippen molar-refractivity contribution in [1.29, 1.82) is 5.26 Å². The van der Waals surface area contributed by atoms with E-state index in [0.717, 1.165) is 31.4 Å². The molecular weight excluding hydrogens is 342 g/mol. The number of hydrogen-bond donors (Lipinski definition) is 0. The second-order valence-electron chi connectivity index (χ2n) is 8.01. The number of fused-ring (bicyclic) bond motifs is 3. The summed E-state index contributed by atoms with van der Waals surface area (Å²) in [6.45, 7) is 4.91. The summed E-state index contributed by atoms with van der Waals surface area (Å²) in [6.07, 6.45) is 13.7. The Morgan fingerprint density at radius 1 is 1.25 bits per heavy atom. The molecule has 2 aromatic rings. The van der Waals surface area contributed by atoms with Crippen LogP contribution in [0.1, 0.15) is 74.1 Å². The highest BCUT2D eigenvalue weighted by molar-refractivity contribution is 6.25. The van der Waals surface area contributed by atoms with Crippen molar-refractivity contribution in [3.8, 4) is 6.07 Å². The van der Waals surface area contributed by atoms with Gasteiger partial charge in [0.1, 0.15) is 0 Å². The molecule has 0 unspecified atom stereocenters. The molecular formula is C25H29N3. The standard InChI is InChI=1S/C25H29N3/c1-3-4-11-20-22(27-2)12-8-15-28-23-16-18(17-26)13-14-21(23)24(25(20)28)19-9-6-5-7-10-19/h3,11,13-14,16,19H,1,4-10,12,15H2,2H3/b20-11+,27-22?. The molecule has 0 amide bonds. The summed E-state index contributed by atoms with van der Waals surface area (Å²) in [5, 5.41) is 10.8. The van der Waals surface area contributed by atoms with Crippen LogP contribution in [0.5, 0.6) is 0 Å². The number of rotatable bonds is 3. The molecule has 3 nitrogen and oxygen atoms in total. The fourth-order valence-electron chi connectivity index (χ4n) is 5.10. The topological polar surface area (TPSA) is 41.1 Å². The Hall–Kier alpha value is -2.60. The zero-order valence-corrected chi connectivity index (χ0v) is 16.9. The lowest BCUT2D eigenvalue weighted by molar-refractivity contribution is 0.444. The fraction of sp³-hybridized carbons (Fsp3) is 0.440. The lowest BCUT2D eigenvalue weighted by Gasteiger charge is -2.24. The van der Waals surface area contributed by atoms with Crippen LogP contribution >= 0.6 is 0 Å². The largest absolute Gasteiger partial charge is 0.340 e. The number of hydrogen-bond acceptors (Lipinski definition) is 2. The van der Waals surface area contributed by atoms with Crippen molar-refractivity contribution in [2.24, 2.45) is 4.99 Å². The molecule has 1 fully saturated rings. The maximum atomic E-state index is 9.46. The van der Waals surface area contributed by atoms with E-state index in [1.54, 1.807) is 0 Å². The normalized spacial score (nSPS) is 20.9. The van der Waals surface area contributed by atoms with Gasteiger partial charge in [0.15, 0.2) is 0 Å². The molecule has 4 rings (SSSR count). The number of aryl methyl sites for hydroxylation is 1. The number of aliphatic imine (C=N–C) groups is 1. The van der Waals surface area contributed by atoms with E-state index in [1.807, 2.05) is 19.2 Å². The molecule has 0 spiro atoms. The third kappa shape index (κ3) is 3.22. The second kappa shape index (κ2) is 8.19. The lowest BCUT2D eigenvalue weighted by atomic mass is 9.81. The van der Waals surface area contributed by atoms with Gasteiger partial charge in [0.25, 0.3) is 0 Å². The number of nitrogens with zero attached hydrogens (tertiary/aromatic N) is 3. The predicted molar refractivity (Wildman–Crippen MR) is 118 cm³/mol. The monoisotopic (exact) mass is 371 g/mol. The average Bonchev–Trinajstić information content (AvgIpc) is 2.94. The first-order valence-corrected chi connectivity index (χ1v) is 10.6. The molecule has 1 saturated carbocycles. The van der Waals surface area contributed by atoms with E-state index in [2.05, 4.69) is 40.4 Å². The van der Waals surface area contributed by atoms with Crippen LogP contribution in [0.15, 0.2) is 41.9 Å². The predicted octanol–water partition coefficient (Wildman–Crippen LogP) is 6.38. The van der Waals surface area contributed by atoms with Gasteiger partial charge in [-0.25, -0.2) is 0 Å². The molecule has 0 atom stereocenters. The third-order valence-corrected chi connectivity index (χ3v) is 6.37. The van der Waals surface area contributed by atoms with Crippen LogP contribution in [-0.4, -0.2) is 17.3 Å². The van der Waals surface area contributed by atoms with E-state index in [1.165, 1.54) is 65.5 Å². The van der Waals surface area contributed by atoms with Gasteiger partial charge in [0, 0.05) is 30.3 Å². The van der Waals surface area contributed by atoms with Gasteiger partial charge in [-0.2, -0.15) is 5.26 Å². The van der Waals surface area contributed by atoms with Crippen molar-refractivity contribution in [3.05, 3.63) is 53.8 Å². The molecule has 2 heterocycles. The highest BCUT2D eigenvalue weighted by atomic mass is 15.0. The minimum absolute atomic E-state index is 0.601. The van der Waals surface area contributed by atoms with E-state index < -0.39 is 0 Å². The fourth-order valence-corrected chi connectivity index (χ4v) is 5.10. The SMILES string of the molecule is C=CC/C=C1\C(=NC)CCCn2c1c(C1CCCCC1)c1ccc(C#N)cc12. The van der Waals surface area contributed by atoms with Gasteiger partial charge in [0.05, 0.1) is 22.8 Å². The minimum atomic E-state index is 0.601.